The second-order valence-electron chi connectivity index (χ2n) is 6.82. The Morgan fingerprint density at radius 1 is 0.833 bits per heavy atom. The lowest BCUT2D eigenvalue weighted by Gasteiger charge is -2.27. The summed E-state index contributed by atoms with van der Waals surface area (Å²) in [5, 5.41) is 3.93. The van der Waals surface area contributed by atoms with E-state index in [4.69, 9.17) is 0 Å². The van der Waals surface area contributed by atoms with Crippen LogP contribution in [0.3, 0.4) is 0 Å². The molecule has 2 saturated heterocycles. The normalized spacial score (nSPS) is 39.0. The van der Waals surface area contributed by atoms with E-state index in [1.54, 1.807) is 0 Å². The standard InChI is InChI=1S/C16H30N2/c1-2-6-10-18(11-7-3-1)13-15-12-14-8-4-5-9-16(14)17-15/h14-17H,1-13H2. The summed E-state index contributed by atoms with van der Waals surface area (Å²) in [5.74, 6) is 1.01. The number of fused-ring (bicyclic) bond motifs is 1. The molecule has 2 aliphatic heterocycles. The first-order valence-corrected chi connectivity index (χ1v) is 8.40. The van der Waals surface area contributed by atoms with Crippen LogP contribution in [0.5, 0.6) is 0 Å². The summed E-state index contributed by atoms with van der Waals surface area (Å²) in [7, 11) is 0. The monoisotopic (exact) mass is 250 g/mol. The molecule has 3 atom stereocenters. The molecule has 18 heavy (non-hydrogen) atoms. The van der Waals surface area contributed by atoms with Crippen molar-refractivity contribution in [3.05, 3.63) is 0 Å². The van der Waals surface area contributed by atoms with Gasteiger partial charge in [0, 0.05) is 18.6 Å². The molecule has 1 N–H and O–H groups in total. The van der Waals surface area contributed by atoms with E-state index in [1.807, 2.05) is 0 Å². The second-order valence-corrected chi connectivity index (χ2v) is 6.82. The average Bonchev–Trinajstić information content (AvgIpc) is 2.74. The summed E-state index contributed by atoms with van der Waals surface area (Å²) in [4.78, 5) is 2.74. The van der Waals surface area contributed by atoms with E-state index >= 15 is 0 Å². The van der Waals surface area contributed by atoms with Gasteiger partial charge < -0.3 is 10.2 Å². The van der Waals surface area contributed by atoms with Crippen molar-refractivity contribution in [3.63, 3.8) is 0 Å². The van der Waals surface area contributed by atoms with E-state index < -0.39 is 0 Å². The van der Waals surface area contributed by atoms with Crippen LogP contribution in [0.2, 0.25) is 0 Å². The van der Waals surface area contributed by atoms with Crippen LogP contribution >= 0.6 is 0 Å². The predicted molar refractivity (Wildman–Crippen MR) is 76.8 cm³/mol. The lowest BCUT2D eigenvalue weighted by atomic mass is 9.85. The van der Waals surface area contributed by atoms with Crippen molar-refractivity contribution in [1.29, 1.82) is 0 Å². The summed E-state index contributed by atoms with van der Waals surface area (Å²) in [6, 6.07) is 1.68. The van der Waals surface area contributed by atoms with E-state index in [0.29, 0.717) is 0 Å². The molecule has 2 nitrogen and oxygen atoms in total. The van der Waals surface area contributed by atoms with Gasteiger partial charge in [-0.3, -0.25) is 0 Å². The summed E-state index contributed by atoms with van der Waals surface area (Å²) < 4.78 is 0. The van der Waals surface area contributed by atoms with Crippen molar-refractivity contribution in [2.45, 2.75) is 76.3 Å². The minimum atomic E-state index is 0.803. The highest BCUT2D eigenvalue weighted by atomic mass is 15.2. The van der Waals surface area contributed by atoms with E-state index in [1.165, 1.54) is 83.8 Å². The van der Waals surface area contributed by atoms with Crippen LogP contribution in [0, 0.1) is 5.92 Å². The van der Waals surface area contributed by atoms with Gasteiger partial charge in [0.15, 0.2) is 0 Å². The number of nitrogens with zero attached hydrogens (tertiary/aromatic N) is 1. The highest BCUT2D eigenvalue weighted by Crippen LogP contribution is 2.33. The van der Waals surface area contributed by atoms with Gasteiger partial charge in [-0.2, -0.15) is 0 Å². The van der Waals surface area contributed by atoms with Crippen molar-refractivity contribution in [2.75, 3.05) is 19.6 Å². The maximum absolute atomic E-state index is 3.93. The van der Waals surface area contributed by atoms with Crippen molar-refractivity contribution in [1.82, 2.24) is 10.2 Å². The highest BCUT2D eigenvalue weighted by molar-refractivity contribution is 4.94. The van der Waals surface area contributed by atoms with Gasteiger partial charge in [0.25, 0.3) is 0 Å². The fraction of sp³-hybridized carbons (Fsp3) is 1.00. The van der Waals surface area contributed by atoms with Crippen molar-refractivity contribution in [3.8, 4) is 0 Å². The molecule has 0 bridgehead atoms. The largest absolute Gasteiger partial charge is 0.310 e. The second kappa shape index (κ2) is 6.38. The number of nitrogens with one attached hydrogen (secondary N) is 1. The fourth-order valence-electron chi connectivity index (χ4n) is 4.38. The molecule has 3 rings (SSSR count). The van der Waals surface area contributed by atoms with Crippen LogP contribution in [-0.2, 0) is 0 Å². The molecule has 1 saturated carbocycles. The summed E-state index contributed by atoms with van der Waals surface area (Å²) in [6.45, 7) is 4.04. The third-order valence-corrected chi connectivity index (χ3v) is 5.37. The van der Waals surface area contributed by atoms with Gasteiger partial charge in [-0.15, -0.1) is 0 Å². The molecular weight excluding hydrogens is 220 g/mol. The molecule has 104 valence electrons. The maximum atomic E-state index is 3.93. The molecule has 3 fully saturated rings. The zero-order valence-electron chi connectivity index (χ0n) is 11.9. The quantitative estimate of drug-likeness (QED) is 0.810. The average molecular weight is 250 g/mol. The first-order valence-electron chi connectivity index (χ1n) is 8.40. The molecule has 0 radical (unpaired) electrons. The Morgan fingerprint density at radius 3 is 2.33 bits per heavy atom. The Kier molecular flexibility index (Phi) is 4.58. The van der Waals surface area contributed by atoms with Gasteiger partial charge >= 0.3 is 0 Å². The fourth-order valence-corrected chi connectivity index (χ4v) is 4.38. The molecule has 2 heterocycles. The molecule has 0 amide bonds. The van der Waals surface area contributed by atoms with Crippen LogP contribution in [0.4, 0.5) is 0 Å². The summed E-state index contributed by atoms with van der Waals surface area (Å²) in [5.41, 5.74) is 0. The first kappa shape index (κ1) is 12.9. The smallest absolute Gasteiger partial charge is 0.0200 e. The SMILES string of the molecule is C1CCCN(CC2CC3CCCCC3N2)CCC1. The van der Waals surface area contributed by atoms with Gasteiger partial charge in [-0.05, 0) is 51.1 Å². The molecule has 3 aliphatic rings. The number of hydrogen-bond acceptors (Lipinski definition) is 2. The highest BCUT2D eigenvalue weighted by Gasteiger charge is 2.35. The summed E-state index contributed by atoms with van der Waals surface area (Å²) >= 11 is 0. The Balaban J connectivity index is 1.47. The van der Waals surface area contributed by atoms with Crippen molar-refractivity contribution >= 4 is 0 Å². The third-order valence-electron chi connectivity index (χ3n) is 5.37. The lowest BCUT2D eigenvalue weighted by molar-refractivity contribution is 0.225. The number of rotatable bonds is 2. The van der Waals surface area contributed by atoms with E-state index in [9.17, 15) is 0 Å². The van der Waals surface area contributed by atoms with E-state index in [0.717, 1.165) is 18.0 Å². The molecule has 1 aliphatic carbocycles. The van der Waals surface area contributed by atoms with E-state index in [-0.39, 0.29) is 0 Å². The minimum absolute atomic E-state index is 0.803. The Labute approximate surface area is 113 Å². The zero-order valence-corrected chi connectivity index (χ0v) is 11.9. The zero-order chi connectivity index (χ0) is 12.2. The van der Waals surface area contributed by atoms with Gasteiger partial charge in [-0.1, -0.05) is 32.1 Å². The molecule has 0 aromatic heterocycles. The molecule has 0 aromatic rings. The predicted octanol–water partition coefficient (Wildman–Crippen LogP) is 3.17. The van der Waals surface area contributed by atoms with Crippen LogP contribution in [0.15, 0.2) is 0 Å². The number of likely N-dealkylation sites (tertiary alicyclic amines) is 1. The number of hydrogen-bond donors (Lipinski definition) is 1. The molecular formula is C16H30N2. The Bertz CT molecular complexity index is 231. The third kappa shape index (κ3) is 3.27. The lowest BCUT2D eigenvalue weighted by Crippen LogP contribution is -2.41. The molecule has 0 aromatic carbocycles. The van der Waals surface area contributed by atoms with Crippen LogP contribution in [-0.4, -0.2) is 36.6 Å². The van der Waals surface area contributed by atoms with Crippen LogP contribution in [0.25, 0.3) is 0 Å². The van der Waals surface area contributed by atoms with Crippen molar-refractivity contribution < 1.29 is 0 Å². The first-order chi connectivity index (χ1) is 8.92. The van der Waals surface area contributed by atoms with Crippen molar-refractivity contribution in [2.24, 2.45) is 5.92 Å². The molecule has 0 spiro atoms. The van der Waals surface area contributed by atoms with Gasteiger partial charge in [0.05, 0.1) is 0 Å². The Hall–Kier alpha value is -0.0800. The molecule has 3 unspecified atom stereocenters. The van der Waals surface area contributed by atoms with Gasteiger partial charge in [0.2, 0.25) is 0 Å². The van der Waals surface area contributed by atoms with Crippen LogP contribution < -0.4 is 5.32 Å². The van der Waals surface area contributed by atoms with E-state index in [2.05, 4.69) is 10.2 Å². The van der Waals surface area contributed by atoms with Crippen LogP contribution in [0.1, 0.15) is 64.2 Å². The Morgan fingerprint density at radius 2 is 1.56 bits per heavy atom. The topological polar surface area (TPSA) is 15.3 Å². The molecule has 2 heteroatoms. The summed E-state index contributed by atoms with van der Waals surface area (Å²) in [6.07, 6.45) is 14.6. The maximum Gasteiger partial charge on any atom is 0.0200 e. The minimum Gasteiger partial charge on any atom is -0.310 e. The van der Waals surface area contributed by atoms with Gasteiger partial charge in [-0.25, -0.2) is 0 Å². The van der Waals surface area contributed by atoms with Gasteiger partial charge in [0.1, 0.15) is 0 Å².